The summed E-state index contributed by atoms with van der Waals surface area (Å²) < 4.78 is 15.4. The summed E-state index contributed by atoms with van der Waals surface area (Å²) in [6.45, 7) is 4.26. The number of benzene rings is 1. The highest BCUT2D eigenvalue weighted by atomic mass is 16.7. The van der Waals surface area contributed by atoms with Gasteiger partial charge in [-0.25, -0.2) is 0 Å². The highest BCUT2D eigenvalue weighted by Crippen LogP contribution is 2.23. The van der Waals surface area contributed by atoms with Crippen molar-refractivity contribution in [2.24, 2.45) is 0 Å². The van der Waals surface area contributed by atoms with Crippen molar-refractivity contribution in [3.63, 3.8) is 0 Å². The first kappa shape index (κ1) is 15.5. The lowest BCUT2D eigenvalue weighted by molar-refractivity contribution is -0.126. The molecule has 0 aliphatic rings. The van der Waals surface area contributed by atoms with Gasteiger partial charge in [0.25, 0.3) is 0 Å². The number of hydrogen-bond donors (Lipinski definition) is 1. The fourth-order valence-electron chi connectivity index (χ4n) is 2.24. The molecule has 1 amide bonds. The first-order valence-corrected chi connectivity index (χ1v) is 6.73. The minimum absolute atomic E-state index is 0.150. The summed E-state index contributed by atoms with van der Waals surface area (Å²) in [5, 5.41) is 7.64. The van der Waals surface area contributed by atoms with Crippen molar-refractivity contribution in [2.45, 2.75) is 26.6 Å². The van der Waals surface area contributed by atoms with Crippen LogP contribution in [0.1, 0.15) is 16.8 Å². The number of nitrogens with zero attached hydrogens (tertiary/aromatic N) is 1. The smallest absolute Gasteiger partial charge is 0.226 e. The molecule has 6 heteroatoms. The molecule has 1 aromatic heterocycles. The molecule has 0 fully saturated rings. The van der Waals surface area contributed by atoms with Crippen LogP contribution < -0.4 is 5.32 Å². The van der Waals surface area contributed by atoms with Crippen LogP contribution in [0.3, 0.4) is 0 Å². The zero-order valence-corrected chi connectivity index (χ0v) is 12.7. The lowest BCUT2D eigenvalue weighted by Gasteiger charge is -2.13. The summed E-state index contributed by atoms with van der Waals surface area (Å²) in [5.41, 5.74) is 3.50. The fraction of sp³-hybridized carbons (Fsp3) is 0.467. The predicted molar refractivity (Wildman–Crippen MR) is 78.0 cm³/mol. The van der Waals surface area contributed by atoms with E-state index >= 15 is 0 Å². The quantitative estimate of drug-likeness (QED) is 0.821. The Balaban J connectivity index is 2.08. The molecule has 6 nitrogen and oxygen atoms in total. The van der Waals surface area contributed by atoms with Crippen molar-refractivity contribution in [3.05, 3.63) is 29.0 Å². The second kappa shape index (κ2) is 6.69. The molecule has 0 unspecified atom stereocenters. The zero-order valence-electron chi connectivity index (χ0n) is 12.7. The number of hydrogen-bond acceptors (Lipinski definition) is 5. The number of ether oxygens (including phenoxy) is 2. The van der Waals surface area contributed by atoms with Crippen molar-refractivity contribution < 1.29 is 18.8 Å². The Hall–Kier alpha value is -1.92. The molecule has 1 heterocycles. The third kappa shape index (κ3) is 3.59. The van der Waals surface area contributed by atoms with E-state index in [0.29, 0.717) is 12.2 Å². The minimum Gasteiger partial charge on any atom is -0.356 e. The number of carbonyl (C=O) groups is 1. The van der Waals surface area contributed by atoms with Gasteiger partial charge in [0.15, 0.2) is 11.9 Å². The second-order valence-corrected chi connectivity index (χ2v) is 4.97. The first-order valence-electron chi connectivity index (χ1n) is 6.73. The van der Waals surface area contributed by atoms with Crippen molar-refractivity contribution in [2.75, 3.05) is 20.8 Å². The number of nitrogens with one attached hydrogen (secondary N) is 1. The Morgan fingerprint density at radius 2 is 2.05 bits per heavy atom. The monoisotopic (exact) mass is 292 g/mol. The van der Waals surface area contributed by atoms with Gasteiger partial charge in [-0.15, -0.1) is 0 Å². The highest BCUT2D eigenvalue weighted by molar-refractivity contribution is 5.88. The molecule has 0 aliphatic heterocycles. The summed E-state index contributed by atoms with van der Waals surface area (Å²) in [6, 6.07) is 4.01. The lowest BCUT2D eigenvalue weighted by Crippen LogP contribution is -2.35. The van der Waals surface area contributed by atoms with Crippen molar-refractivity contribution >= 4 is 16.9 Å². The van der Waals surface area contributed by atoms with Crippen LogP contribution in [0.25, 0.3) is 11.0 Å². The van der Waals surface area contributed by atoms with Crippen molar-refractivity contribution in [3.8, 4) is 0 Å². The molecule has 114 valence electrons. The number of rotatable bonds is 6. The van der Waals surface area contributed by atoms with Crippen LogP contribution in [0.5, 0.6) is 0 Å². The molecule has 1 aromatic carbocycles. The summed E-state index contributed by atoms with van der Waals surface area (Å²) in [7, 11) is 3.05. The van der Waals surface area contributed by atoms with E-state index in [1.807, 2.05) is 26.0 Å². The third-order valence-corrected chi connectivity index (χ3v) is 3.30. The van der Waals surface area contributed by atoms with Crippen LogP contribution in [0.2, 0.25) is 0 Å². The van der Waals surface area contributed by atoms with Gasteiger partial charge in [0.1, 0.15) is 5.69 Å². The van der Waals surface area contributed by atoms with E-state index in [1.54, 1.807) is 0 Å². The Bertz CT molecular complexity index is 632. The number of fused-ring (bicyclic) bond motifs is 1. The van der Waals surface area contributed by atoms with Gasteiger partial charge in [0, 0.05) is 19.6 Å². The summed E-state index contributed by atoms with van der Waals surface area (Å²) in [6.07, 6.45) is -0.289. The van der Waals surface area contributed by atoms with Crippen LogP contribution in [-0.4, -0.2) is 38.1 Å². The number of carbonyl (C=O) groups excluding carboxylic acids is 1. The molecule has 0 radical (unpaired) electrons. The van der Waals surface area contributed by atoms with Crippen LogP contribution in [0.15, 0.2) is 16.7 Å². The number of aromatic nitrogens is 1. The highest BCUT2D eigenvalue weighted by Gasteiger charge is 2.15. The molecule has 2 aromatic rings. The molecular formula is C15H20N2O4. The fourth-order valence-corrected chi connectivity index (χ4v) is 2.24. The predicted octanol–water partition coefficient (Wildman–Crippen LogP) is 1.72. The lowest BCUT2D eigenvalue weighted by atomic mass is 10.1. The normalized spacial score (nSPS) is 11.3. The Kier molecular flexibility index (Phi) is 4.93. The van der Waals surface area contributed by atoms with Crippen LogP contribution >= 0.6 is 0 Å². The van der Waals surface area contributed by atoms with Crippen molar-refractivity contribution in [1.82, 2.24) is 10.5 Å². The van der Waals surface area contributed by atoms with Gasteiger partial charge in [-0.1, -0.05) is 11.2 Å². The molecule has 0 aliphatic carbocycles. The van der Waals surface area contributed by atoms with Crippen LogP contribution in [0, 0.1) is 13.8 Å². The zero-order chi connectivity index (χ0) is 15.4. The Morgan fingerprint density at radius 3 is 2.71 bits per heavy atom. The van der Waals surface area contributed by atoms with Gasteiger partial charge in [0.2, 0.25) is 5.91 Å². The SMILES string of the molecule is COC(CNC(=O)Cc1noc2c(C)cc(C)cc12)OC. The second-order valence-electron chi connectivity index (χ2n) is 4.97. The third-order valence-electron chi connectivity index (χ3n) is 3.30. The van der Waals surface area contributed by atoms with E-state index in [1.165, 1.54) is 14.2 Å². The van der Waals surface area contributed by atoms with Gasteiger partial charge in [-0.3, -0.25) is 4.79 Å². The average molecular weight is 292 g/mol. The maximum Gasteiger partial charge on any atom is 0.226 e. The minimum atomic E-state index is -0.451. The first-order chi connectivity index (χ1) is 10.0. The molecule has 0 saturated carbocycles. The van der Waals surface area contributed by atoms with Gasteiger partial charge >= 0.3 is 0 Å². The Labute approximate surface area is 123 Å². The van der Waals surface area contributed by atoms with E-state index < -0.39 is 6.29 Å². The standard InChI is InChI=1S/C15H20N2O4/c1-9-5-10(2)15-11(6-9)12(17-21-15)7-13(18)16-8-14(19-3)20-4/h5-6,14H,7-8H2,1-4H3,(H,16,18). The molecule has 2 rings (SSSR count). The summed E-state index contributed by atoms with van der Waals surface area (Å²) in [5.74, 6) is -0.150. The van der Waals surface area contributed by atoms with Crippen LogP contribution in [0.4, 0.5) is 0 Å². The average Bonchev–Trinajstić information content (AvgIpc) is 2.83. The topological polar surface area (TPSA) is 73.6 Å². The molecule has 21 heavy (non-hydrogen) atoms. The molecule has 0 atom stereocenters. The van der Waals surface area contributed by atoms with Gasteiger partial charge in [-0.05, 0) is 31.0 Å². The largest absolute Gasteiger partial charge is 0.356 e. The number of methoxy groups -OCH3 is 2. The summed E-state index contributed by atoms with van der Waals surface area (Å²) >= 11 is 0. The maximum atomic E-state index is 12.0. The Morgan fingerprint density at radius 1 is 1.33 bits per heavy atom. The van der Waals surface area contributed by atoms with Gasteiger partial charge in [-0.2, -0.15) is 0 Å². The molecule has 0 bridgehead atoms. The molecule has 0 saturated heterocycles. The molecular weight excluding hydrogens is 272 g/mol. The number of aryl methyl sites for hydroxylation is 2. The number of amides is 1. The van der Waals surface area contributed by atoms with Gasteiger partial charge < -0.3 is 19.3 Å². The van der Waals surface area contributed by atoms with E-state index in [0.717, 1.165) is 22.1 Å². The maximum absolute atomic E-state index is 12.0. The molecule has 1 N–H and O–H groups in total. The van der Waals surface area contributed by atoms with E-state index in [9.17, 15) is 4.79 Å². The van der Waals surface area contributed by atoms with E-state index in [2.05, 4.69) is 10.5 Å². The van der Waals surface area contributed by atoms with E-state index in [-0.39, 0.29) is 12.3 Å². The summed E-state index contributed by atoms with van der Waals surface area (Å²) in [4.78, 5) is 12.0. The van der Waals surface area contributed by atoms with Crippen molar-refractivity contribution in [1.29, 1.82) is 0 Å². The van der Waals surface area contributed by atoms with Crippen LogP contribution in [-0.2, 0) is 20.7 Å². The van der Waals surface area contributed by atoms with Gasteiger partial charge in [0.05, 0.1) is 13.0 Å². The van der Waals surface area contributed by atoms with E-state index in [4.69, 9.17) is 14.0 Å². The molecule has 0 spiro atoms.